The first-order valence-electron chi connectivity index (χ1n) is 8.31. The fourth-order valence-corrected chi connectivity index (χ4v) is 2.83. The van der Waals surface area contributed by atoms with Crippen LogP contribution in [0.4, 0.5) is 8.78 Å². The van der Waals surface area contributed by atoms with Crippen LogP contribution in [0.3, 0.4) is 0 Å². The van der Waals surface area contributed by atoms with Gasteiger partial charge in [0.2, 0.25) is 11.7 Å². The molecule has 26 heavy (non-hydrogen) atoms. The third-order valence-electron chi connectivity index (χ3n) is 4.21. The number of halogens is 2. The summed E-state index contributed by atoms with van der Waals surface area (Å²) in [4.78, 5) is 4.24. The quantitative estimate of drug-likeness (QED) is 0.748. The highest BCUT2D eigenvalue weighted by atomic mass is 19.3. The van der Waals surface area contributed by atoms with Crippen LogP contribution in [0.2, 0.25) is 0 Å². The van der Waals surface area contributed by atoms with E-state index in [4.69, 9.17) is 9.26 Å². The molecular weight excluding hydrogens is 340 g/mol. The molecule has 4 rings (SSSR count). The van der Waals surface area contributed by atoms with Crippen molar-refractivity contribution in [2.45, 2.75) is 25.0 Å². The summed E-state index contributed by atoms with van der Waals surface area (Å²) in [6.07, 6.45) is -0.332. The second-order valence-electron chi connectivity index (χ2n) is 6.25. The molecule has 0 aliphatic carbocycles. The lowest BCUT2D eigenvalue weighted by atomic mass is 10.2. The minimum Gasteiger partial charge on any atom is -0.489 e. The molecule has 1 fully saturated rings. The maximum atomic E-state index is 13.3. The molecule has 0 radical (unpaired) electrons. The molecular formula is C19H17F2N3O2. The molecule has 0 saturated carbocycles. The van der Waals surface area contributed by atoms with E-state index >= 15 is 0 Å². The molecule has 2 heterocycles. The lowest BCUT2D eigenvalue weighted by Crippen LogP contribution is -2.19. The van der Waals surface area contributed by atoms with Crippen LogP contribution < -0.4 is 10.1 Å². The van der Waals surface area contributed by atoms with Crippen LogP contribution in [0.1, 0.15) is 23.9 Å². The van der Waals surface area contributed by atoms with E-state index in [1.807, 2.05) is 54.6 Å². The van der Waals surface area contributed by atoms with Crippen LogP contribution in [0.25, 0.3) is 11.4 Å². The predicted molar refractivity (Wildman–Crippen MR) is 90.8 cm³/mol. The number of rotatable bonds is 5. The zero-order valence-corrected chi connectivity index (χ0v) is 13.9. The first kappa shape index (κ1) is 16.7. The van der Waals surface area contributed by atoms with E-state index in [-0.39, 0.29) is 18.9 Å². The van der Waals surface area contributed by atoms with Crippen molar-refractivity contribution in [3.05, 3.63) is 66.1 Å². The Labute approximate surface area is 149 Å². The number of nitrogens with one attached hydrogen (secondary N) is 1. The van der Waals surface area contributed by atoms with Gasteiger partial charge in [0.15, 0.2) is 0 Å². The number of hydrogen-bond acceptors (Lipinski definition) is 5. The molecule has 1 unspecified atom stereocenters. The van der Waals surface area contributed by atoms with E-state index in [1.165, 1.54) is 0 Å². The van der Waals surface area contributed by atoms with Gasteiger partial charge in [0.05, 0.1) is 12.6 Å². The number of nitrogens with zero attached hydrogens (tertiary/aromatic N) is 2. The highest BCUT2D eigenvalue weighted by Gasteiger charge is 2.42. The summed E-state index contributed by atoms with van der Waals surface area (Å²) < 4.78 is 37.4. The molecule has 1 saturated heterocycles. The Morgan fingerprint density at radius 3 is 2.58 bits per heavy atom. The Kier molecular flexibility index (Phi) is 4.38. The van der Waals surface area contributed by atoms with E-state index < -0.39 is 12.0 Å². The molecule has 1 atom stereocenters. The van der Waals surface area contributed by atoms with E-state index in [9.17, 15) is 8.78 Å². The highest BCUT2D eigenvalue weighted by molar-refractivity contribution is 5.55. The summed E-state index contributed by atoms with van der Waals surface area (Å²) in [7, 11) is 0. The summed E-state index contributed by atoms with van der Waals surface area (Å²) in [5.74, 6) is -1.47. The van der Waals surface area contributed by atoms with Gasteiger partial charge in [-0.3, -0.25) is 5.32 Å². The molecule has 1 aliphatic heterocycles. The average molecular weight is 357 g/mol. The van der Waals surface area contributed by atoms with Crippen molar-refractivity contribution < 1.29 is 18.0 Å². The molecule has 0 spiro atoms. The fraction of sp³-hybridized carbons (Fsp3) is 0.263. The van der Waals surface area contributed by atoms with E-state index in [0.717, 1.165) is 16.9 Å². The minimum atomic E-state index is -2.74. The molecule has 0 bridgehead atoms. The van der Waals surface area contributed by atoms with E-state index in [0.29, 0.717) is 12.4 Å². The zero-order valence-electron chi connectivity index (χ0n) is 13.9. The maximum Gasteiger partial charge on any atom is 0.262 e. The molecule has 7 heteroatoms. The second kappa shape index (κ2) is 6.84. The molecule has 1 N–H and O–H groups in total. The van der Waals surface area contributed by atoms with Crippen molar-refractivity contribution in [3.8, 4) is 17.1 Å². The third-order valence-corrected chi connectivity index (χ3v) is 4.21. The average Bonchev–Trinajstić information content (AvgIpc) is 3.28. The Hall–Kier alpha value is -2.80. The number of benzene rings is 2. The molecule has 3 aromatic rings. The molecule has 1 aliphatic rings. The summed E-state index contributed by atoms with van der Waals surface area (Å²) in [5, 5.41) is 6.59. The summed E-state index contributed by atoms with van der Waals surface area (Å²) in [6.45, 7) is 0.108. The Morgan fingerprint density at radius 1 is 1.12 bits per heavy atom. The Balaban J connectivity index is 1.41. The molecule has 1 aromatic heterocycles. The van der Waals surface area contributed by atoms with Crippen LogP contribution in [-0.2, 0) is 6.61 Å². The van der Waals surface area contributed by atoms with Gasteiger partial charge in [0, 0.05) is 12.0 Å². The minimum absolute atomic E-state index is 0.182. The van der Waals surface area contributed by atoms with Gasteiger partial charge in [0.1, 0.15) is 12.4 Å². The van der Waals surface area contributed by atoms with Crippen LogP contribution in [0.15, 0.2) is 59.1 Å². The molecule has 2 aromatic carbocycles. The highest BCUT2D eigenvalue weighted by Crippen LogP contribution is 2.33. The summed E-state index contributed by atoms with van der Waals surface area (Å²) in [5.41, 5.74) is 1.82. The normalized spacial score (nSPS) is 18.8. The van der Waals surface area contributed by atoms with Gasteiger partial charge in [-0.1, -0.05) is 35.5 Å². The van der Waals surface area contributed by atoms with Crippen molar-refractivity contribution in [1.29, 1.82) is 0 Å². The number of hydrogen-bond donors (Lipinski definition) is 1. The molecule has 134 valence electrons. The standard InChI is InChI=1S/C19H17F2N3O2/c20-19(21)10-16(22-12-19)18-23-17(24-26-18)14-6-8-15(9-7-14)25-11-13-4-2-1-3-5-13/h1-9,16,22H,10-12H2. The lowest BCUT2D eigenvalue weighted by molar-refractivity contribution is 0.0200. The van der Waals surface area contributed by atoms with Gasteiger partial charge in [-0.15, -0.1) is 0 Å². The molecule has 5 nitrogen and oxygen atoms in total. The van der Waals surface area contributed by atoms with Crippen LogP contribution in [0.5, 0.6) is 5.75 Å². The summed E-state index contributed by atoms with van der Waals surface area (Å²) >= 11 is 0. The zero-order chi connectivity index (χ0) is 18.0. The second-order valence-corrected chi connectivity index (χ2v) is 6.25. The van der Waals surface area contributed by atoms with Gasteiger partial charge in [-0.05, 0) is 29.8 Å². The number of ether oxygens (including phenoxy) is 1. The van der Waals surface area contributed by atoms with Crippen LogP contribution >= 0.6 is 0 Å². The maximum absolute atomic E-state index is 13.3. The van der Waals surface area contributed by atoms with E-state index in [1.54, 1.807) is 0 Å². The fourth-order valence-electron chi connectivity index (χ4n) is 2.83. The third kappa shape index (κ3) is 3.72. The first-order chi connectivity index (χ1) is 12.6. The van der Waals surface area contributed by atoms with Crippen LogP contribution in [-0.4, -0.2) is 22.6 Å². The Morgan fingerprint density at radius 2 is 1.88 bits per heavy atom. The van der Waals surface area contributed by atoms with Crippen molar-refractivity contribution in [3.63, 3.8) is 0 Å². The van der Waals surface area contributed by atoms with Gasteiger partial charge in [-0.25, -0.2) is 8.78 Å². The van der Waals surface area contributed by atoms with Gasteiger partial charge < -0.3 is 9.26 Å². The van der Waals surface area contributed by atoms with Crippen molar-refractivity contribution in [2.75, 3.05) is 6.54 Å². The lowest BCUT2D eigenvalue weighted by Gasteiger charge is -2.06. The van der Waals surface area contributed by atoms with Crippen molar-refractivity contribution in [1.82, 2.24) is 15.5 Å². The van der Waals surface area contributed by atoms with Gasteiger partial charge >= 0.3 is 0 Å². The van der Waals surface area contributed by atoms with Crippen molar-refractivity contribution in [2.24, 2.45) is 0 Å². The Bertz CT molecular complexity index is 866. The smallest absolute Gasteiger partial charge is 0.262 e. The SMILES string of the molecule is FC1(F)CNC(c2nc(-c3ccc(OCc4ccccc4)cc3)no2)C1. The van der Waals surface area contributed by atoms with Crippen LogP contribution in [0, 0.1) is 0 Å². The largest absolute Gasteiger partial charge is 0.489 e. The van der Waals surface area contributed by atoms with E-state index in [2.05, 4.69) is 15.5 Å². The first-order valence-corrected chi connectivity index (χ1v) is 8.31. The molecule has 0 amide bonds. The number of alkyl halides is 2. The summed E-state index contributed by atoms with van der Waals surface area (Å²) in [6, 6.07) is 16.5. The van der Waals surface area contributed by atoms with Crippen molar-refractivity contribution >= 4 is 0 Å². The monoisotopic (exact) mass is 357 g/mol. The van der Waals surface area contributed by atoms with Gasteiger partial charge in [-0.2, -0.15) is 4.98 Å². The predicted octanol–water partition coefficient (Wildman–Crippen LogP) is 3.99. The topological polar surface area (TPSA) is 60.2 Å². The van der Waals surface area contributed by atoms with Gasteiger partial charge in [0.25, 0.3) is 5.92 Å². The number of aromatic nitrogens is 2.